The van der Waals surface area contributed by atoms with Crippen molar-refractivity contribution in [1.29, 1.82) is 0 Å². The van der Waals surface area contributed by atoms with Crippen LogP contribution < -0.4 is 11.1 Å². The highest BCUT2D eigenvalue weighted by Gasteiger charge is 2.26. The lowest BCUT2D eigenvalue weighted by Gasteiger charge is -2.37. The van der Waals surface area contributed by atoms with E-state index in [1.54, 1.807) is 0 Å². The number of nitrogens with zero attached hydrogens (tertiary/aromatic N) is 1. The normalized spacial score (nSPS) is 17.0. The molecule has 0 unspecified atom stereocenters. The van der Waals surface area contributed by atoms with E-state index in [0.29, 0.717) is 19.1 Å². The van der Waals surface area contributed by atoms with Crippen LogP contribution in [0.3, 0.4) is 0 Å². The minimum absolute atomic E-state index is 0.126. The lowest BCUT2D eigenvalue weighted by molar-refractivity contribution is -0.124. The van der Waals surface area contributed by atoms with E-state index in [4.69, 9.17) is 5.73 Å². The van der Waals surface area contributed by atoms with Gasteiger partial charge in [-0.3, -0.25) is 9.69 Å². The molecule has 0 aromatic heterocycles. The molecule has 1 fully saturated rings. The van der Waals surface area contributed by atoms with Gasteiger partial charge in [-0.15, -0.1) is 0 Å². The van der Waals surface area contributed by atoms with Gasteiger partial charge in [-0.1, -0.05) is 6.42 Å². The molecule has 17 heavy (non-hydrogen) atoms. The zero-order valence-corrected chi connectivity index (χ0v) is 11.5. The molecule has 0 atom stereocenters. The molecule has 1 saturated carbocycles. The fourth-order valence-electron chi connectivity index (χ4n) is 2.08. The van der Waals surface area contributed by atoms with Crippen molar-refractivity contribution in [3.05, 3.63) is 0 Å². The van der Waals surface area contributed by atoms with Gasteiger partial charge in [0.2, 0.25) is 5.91 Å². The van der Waals surface area contributed by atoms with Crippen LogP contribution in [0.5, 0.6) is 0 Å². The van der Waals surface area contributed by atoms with Crippen molar-refractivity contribution in [2.75, 3.05) is 19.6 Å². The summed E-state index contributed by atoms with van der Waals surface area (Å²) in [5.41, 5.74) is 5.40. The van der Waals surface area contributed by atoms with Gasteiger partial charge in [-0.05, 0) is 46.6 Å². The molecule has 0 bridgehead atoms. The van der Waals surface area contributed by atoms with Gasteiger partial charge in [-0.25, -0.2) is 0 Å². The van der Waals surface area contributed by atoms with E-state index in [2.05, 4.69) is 10.2 Å². The second-order valence-electron chi connectivity index (χ2n) is 6.00. The minimum atomic E-state index is -0.143. The Morgan fingerprint density at radius 3 is 2.47 bits per heavy atom. The van der Waals surface area contributed by atoms with E-state index >= 15 is 0 Å². The summed E-state index contributed by atoms with van der Waals surface area (Å²) in [6.45, 7) is 8.19. The Hall–Kier alpha value is -0.610. The molecule has 1 aliphatic rings. The molecule has 0 spiro atoms. The SMILES string of the molecule is CC(C)(C)NC(=O)CN(CCCN)C1CCC1. The Labute approximate surface area is 105 Å². The zero-order chi connectivity index (χ0) is 12.9. The smallest absolute Gasteiger partial charge is 0.234 e. The van der Waals surface area contributed by atoms with Crippen molar-refractivity contribution in [3.8, 4) is 0 Å². The molecule has 0 saturated heterocycles. The van der Waals surface area contributed by atoms with Crippen molar-refractivity contribution in [2.45, 2.75) is 58.0 Å². The number of hydrogen-bond acceptors (Lipinski definition) is 3. The van der Waals surface area contributed by atoms with Crippen molar-refractivity contribution in [3.63, 3.8) is 0 Å². The predicted molar refractivity (Wildman–Crippen MR) is 70.8 cm³/mol. The Balaban J connectivity index is 2.39. The highest BCUT2D eigenvalue weighted by molar-refractivity contribution is 5.78. The fourth-order valence-corrected chi connectivity index (χ4v) is 2.08. The number of carbonyl (C=O) groups is 1. The third-order valence-electron chi connectivity index (χ3n) is 3.10. The third kappa shape index (κ3) is 5.50. The summed E-state index contributed by atoms with van der Waals surface area (Å²) in [5.74, 6) is 0.126. The number of nitrogens with one attached hydrogen (secondary N) is 1. The molecule has 4 nitrogen and oxygen atoms in total. The van der Waals surface area contributed by atoms with Crippen LogP contribution in [0.15, 0.2) is 0 Å². The van der Waals surface area contributed by atoms with Gasteiger partial charge in [0.15, 0.2) is 0 Å². The molecule has 100 valence electrons. The highest BCUT2D eigenvalue weighted by atomic mass is 16.2. The van der Waals surface area contributed by atoms with E-state index in [0.717, 1.165) is 13.0 Å². The first-order chi connectivity index (χ1) is 7.92. The summed E-state index contributed by atoms with van der Waals surface area (Å²) in [7, 11) is 0. The second kappa shape index (κ2) is 6.36. The van der Waals surface area contributed by atoms with Gasteiger partial charge in [-0.2, -0.15) is 0 Å². The first kappa shape index (κ1) is 14.5. The van der Waals surface area contributed by atoms with Crippen molar-refractivity contribution < 1.29 is 4.79 Å². The largest absolute Gasteiger partial charge is 0.350 e. The second-order valence-corrected chi connectivity index (χ2v) is 6.00. The number of nitrogens with two attached hydrogens (primary N) is 1. The van der Waals surface area contributed by atoms with E-state index in [1.807, 2.05) is 20.8 Å². The monoisotopic (exact) mass is 241 g/mol. The van der Waals surface area contributed by atoms with Gasteiger partial charge in [0.25, 0.3) is 0 Å². The predicted octanol–water partition coefficient (Wildman–Crippen LogP) is 1.10. The number of rotatable bonds is 6. The maximum atomic E-state index is 11.9. The average molecular weight is 241 g/mol. The first-order valence-corrected chi connectivity index (χ1v) is 6.67. The molecule has 1 rings (SSSR count). The topological polar surface area (TPSA) is 58.4 Å². The van der Waals surface area contributed by atoms with Crippen molar-refractivity contribution in [2.24, 2.45) is 5.73 Å². The van der Waals surface area contributed by atoms with Crippen LogP contribution >= 0.6 is 0 Å². The van der Waals surface area contributed by atoms with Gasteiger partial charge in [0.1, 0.15) is 0 Å². The van der Waals surface area contributed by atoms with Crippen LogP contribution in [0.4, 0.5) is 0 Å². The highest BCUT2D eigenvalue weighted by Crippen LogP contribution is 2.24. The summed E-state index contributed by atoms with van der Waals surface area (Å²) >= 11 is 0. The number of carbonyl (C=O) groups excluding carboxylic acids is 1. The summed E-state index contributed by atoms with van der Waals surface area (Å²) in [4.78, 5) is 14.2. The lowest BCUT2D eigenvalue weighted by atomic mass is 9.91. The molecule has 0 aromatic rings. The summed E-state index contributed by atoms with van der Waals surface area (Å²) in [6.07, 6.45) is 4.73. The van der Waals surface area contributed by atoms with E-state index in [-0.39, 0.29) is 11.4 Å². The Kier molecular flexibility index (Phi) is 5.40. The Morgan fingerprint density at radius 2 is 2.06 bits per heavy atom. The standard InChI is InChI=1S/C13H27N3O/c1-13(2,3)15-12(17)10-16(9-5-8-14)11-6-4-7-11/h11H,4-10,14H2,1-3H3,(H,15,17). The lowest BCUT2D eigenvalue weighted by Crippen LogP contribution is -2.50. The minimum Gasteiger partial charge on any atom is -0.350 e. The van der Waals surface area contributed by atoms with Crippen molar-refractivity contribution in [1.82, 2.24) is 10.2 Å². The van der Waals surface area contributed by atoms with Crippen LogP contribution in [0.2, 0.25) is 0 Å². The summed E-state index contributed by atoms with van der Waals surface area (Å²) < 4.78 is 0. The molecule has 0 heterocycles. The van der Waals surface area contributed by atoms with Gasteiger partial charge in [0.05, 0.1) is 6.54 Å². The fraction of sp³-hybridized carbons (Fsp3) is 0.923. The van der Waals surface area contributed by atoms with Crippen molar-refractivity contribution >= 4 is 5.91 Å². The number of amides is 1. The molecule has 0 radical (unpaired) electrons. The van der Waals surface area contributed by atoms with E-state index in [9.17, 15) is 4.79 Å². The average Bonchev–Trinajstić information content (AvgIpc) is 2.07. The summed E-state index contributed by atoms with van der Waals surface area (Å²) in [5, 5.41) is 3.02. The molecular formula is C13H27N3O. The molecule has 0 aromatic carbocycles. The molecule has 0 aliphatic heterocycles. The summed E-state index contributed by atoms with van der Waals surface area (Å²) in [6, 6.07) is 0.604. The van der Waals surface area contributed by atoms with Gasteiger partial charge < -0.3 is 11.1 Å². The molecule has 1 amide bonds. The Bertz CT molecular complexity index is 244. The van der Waals surface area contributed by atoms with E-state index in [1.165, 1.54) is 19.3 Å². The molecule has 1 aliphatic carbocycles. The first-order valence-electron chi connectivity index (χ1n) is 6.67. The van der Waals surface area contributed by atoms with Crippen LogP contribution in [0.25, 0.3) is 0 Å². The van der Waals surface area contributed by atoms with Crippen LogP contribution in [-0.4, -0.2) is 42.0 Å². The number of hydrogen-bond donors (Lipinski definition) is 2. The third-order valence-corrected chi connectivity index (χ3v) is 3.10. The molecule has 4 heteroatoms. The van der Waals surface area contributed by atoms with Crippen LogP contribution in [0.1, 0.15) is 46.5 Å². The molecule has 3 N–H and O–H groups in total. The quantitative estimate of drug-likeness (QED) is 0.732. The van der Waals surface area contributed by atoms with Crippen LogP contribution in [0, 0.1) is 0 Å². The van der Waals surface area contributed by atoms with Gasteiger partial charge in [0, 0.05) is 18.1 Å². The zero-order valence-electron chi connectivity index (χ0n) is 11.5. The van der Waals surface area contributed by atoms with E-state index < -0.39 is 0 Å². The maximum absolute atomic E-state index is 11.9. The van der Waals surface area contributed by atoms with Crippen LogP contribution in [-0.2, 0) is 4.79 Å². The maximum Gasteiger partial charge on any atom is 0.234 e. The Morgan fingerprint density at radius 1 is 1.41 bits per heavy atom. The van der Waals surface area contributed by atoms with Gasteiger partial charge >= 0.3 is 0 Å². The molecular weight excluding hydrogens is 214 g/mol.